The minimum absolute atomic E-state index is 0.170. The first-order chi connectivity index (χ1) is 10.0. The second-order valence-electron chi connectivity index (χ2n) is 4.80. The number of fused-ring (bicyclic) bond motifs is 1. The van der Waals surface area contributed by atoms with E-state index in [0.29, 0.717) is 11.2 Å². The summed E-state index contributed by atoms with van der Waals surface area (Å²) in [5, 5.41) is 38.8. The number of aliphatic hydroxyl groups excluding tert-OH is 4. The third kappa shape index (κ3) is 2.13. The van der Waals surface area contributed by atoms with Gasteiger partial charge in [-0.1, -0.05) is 0 Å². The lowest BCUT2D eigenvalue weighted by molar-refractivity contribution is -0.250. The summed E-state index contributed by atoms with van der Waals surface area (Å²) in [7, 11) is 0. The monoisotopic (exact) mass is 297 g/mol. The van der Waals surface area contributed by atoms with Crippen LogP contribution in [0.5, 0.6) is 0 Å². The van der Waals surface area contributed by atoms with Gasteiger partial charge in [0.15, 0.2) is 17.7 Å². The van der Waals surface area contributed by atoms with Crippen molar-refractivity contribution in [1.82, 2.24) is 19.5 Å². The molecule has 0 amide bonds. The van der Waals surface area contributed by atoms with Gasteiger partial charge in [0.2, 0.25) is 0 Å². The number of nitrogen functional groups attached to an aromatic ring is 1. The van der Waals surface area contributed by atoms with E-state index in [4.69, 9.17) is 10.5 Å². The van der Waals surface area contributed by atoms with Crippen molar-refractivity contribution in [3.63, 3.8) is 0 Å². The molecule has 2 aromatic heterocycles. The summed E-state index contributed by atoms with van der Waals surface area (Å²) in [4.78, 5) is 11.9. The van der Waals surface area contributed by atoms with Crippen LogP contribution < -0.4 is 5.73 Å². The van der Waals surface area contributed by atoms with Crippen molar-refractivity contribution >= 4 is 17.0 Å². The zero-order valence-electron chi connectivity index (χ0n) is 10.8. The van der Waals surface area contributed by atoms with Crippen LogP contribution in [0.2, 0.25) is 0 Å². The molecule has 0 radical (unpaired) electrons. The van der Waals surface area contributed by atoms with E-state index < -0.39 is 37.3 Å². The third-order valence-electron chi connectivity index (χ3n) is 3.53. The first kappa shape index (κ1) is 14.1. The SMILES string of the molecule is Nc1ncnc2c1ncn2[C@@H]1O[C@H](CO)[C@@H](O)[C@@H](O)[C@@H]1O. The molecule has 3 heterocycles. The van der Waals surface area contributed by atoms with E-state index in [1.165, 1.54) is 17.2 Å². The van der Waals surface area contributed by atoms with Crippen LogP contribution in [0.15, 0.2) is 12.7 Å². The fourth-order valence-electron chi connectivity index (χ4n) is 2.37. The largest absolute Gasteiger partial charge is 0.394 e. The Morgan fingerprint density at radius 1 is 1.14 bits per heavy atom. The molecule has 3 rings (SSSR count). The van der Waals surface area contributed by atoms with Crippen molar-refractivity contribution in [1.29, 1.82) is 0 Å². The summed E-state index contributed by atoms with van der Waals surface area (Å²) in [6.07, 6.45) is -3.82. The van der Waals surface area contributed by atoms with Gasteiger partial charge >= 0.3 is 0 Å². The standard InChI is InChI=1S/C11H15N5O5/c12-9-5-10(14-2-13-9)16(3-15-5)11-8(20)7(19)6(18)4(1-17)21-11/h2-4,6-8,11,17-20H,1H2,(H2,12,13,14)/t4-,6-,7-,8+,11-/m1/s1. The second-order valence-corrected chi connectivity index (χ2v) is 4.80. The highest BCUT2D eigenvalue weighted by Gasteiger charge is 2.44. The van der Waals surface area contributed by atoms with Crippen LogP contribution in [0.4, 0.5) is 5.82 Å². The Balaban J connectivity index is 2.03. The summed E-state index contributed by atoms with van der Waals surface area (Å²) in [6.45, 7) is -0.509. The van der Waals surface area contributed by atoms with Gasteiger partial charge in [-0.25, -0.2) is 15.0 Å². The highest BCUT2D eigenvalue weighted by atomic mass is 16.6. The third-order valence-corrected chi connectivity index (χ3v) is 3.53. The predicted octanol–water partition coefficient (Wildman–Crippen LogP) is -2.62. The summed E-state index contributed by atoms with van der Waals surface area (Å²) in [6, 6.07) is 0. The number of ether oxygens (including phenoxy) is 1. The fraction of sp³-hybridized carbons (Fsp3) is 0.545. The number of nitrogens with two attached hydrogens (primary N) is 1. The van der Waals surface area contributed by atoms with Crippen molar-refractivity contribution in [2.75, 3.05) is 12.3 Å². The van der Waals surface area contributed by atoms with Gasteiger partial charge in [-0.15, -0.1) is 0 Å². The molecule has 0 spiro atoms. The van der Waals surface area contributed by atoms with Crippen molar-refractivity contribution in [3.05, 3.63) is 12.7 Å². The van der Waals surface area contributed by atoms with Gasteiger partial charge in [0.1, 0.15) is 36.3 Å². The number of aromatic nitrogens is 4. The lowest BCUT2D eigenvalue weighted by Gasteiger charge is -2.40. The Hall–Kier alpha value is -1.85. The molecule has 0 bridgehead atoms. The summed E-state index contributed by atoms with van der Waals surface area (Å²) < 4.78 is 6.81. The van der Waals surface area contributed by atoms with Gasteiger partial charge in [-0.3, -0.25) is 4.57 Å². The van der Waals surface area contributed by atoms with Gasteiger partial charge in [-0.05, 0) is 0 Å². The van der Waals surface area contributed by atoms with Crippen LogP contribution in [-0.4, -0.2) is 71.0 Å². The quantitative estimate of drug-likeness (QED) is 0.400. The number of hydrogen-bond acceptors (Lipinski definition) is 9. The molecule has 0 aromatic carbocycles. The van der Waals surface area contributed by atoms with E-state index in [-0.39, 0.29) is 5.82 Å². The lowest BCUT2D eigenvalue weighted by atomic mass is 9.98. The number of rotatable bonds is 2. The van der Waals surface area contributed by atoms with Crippen LogP contribution in [0.3, 0.4) is 0 Å². The highest BCUT2D eigenvalue weighted by molar-refractivity contribution is 5.81. The average molecular weight is 297 g/mol. The first-order valence-corrected chi connectivity index (χ1v) is 6.28. The highest BCUT2D eigenvalue weighted by Crippen LogP contribution is 2.30. The molecule has 1 aliphatic heterocycles. The van der Waals surface area contributed by atoms with Crippen molar-refractivity contribution < 1.29 is 25.2 Å². The Kier molecular flexibility index (Phi) is 3.47. The molecule has 5 atom stereocenters. The fourth-order valence-corrected chi connectivity index (χ4v) is 2.37. The van der Waals surface area contributed by atoms with E-state index in [1.807, 2.05) is 0 Å². The zero-order valence-corrected chi connectivity index (χ0v) is 10.8. The zero-order chi connectivity index (χ0) is 15.1. The molecule has 6 N–H and O–H groups in total. The molecule has 2 aromatic rings. The van der Waals surface area contributed by atoms with Crippen molar-refractivity contribution in [2.24, 2.45) is 0 Å². The van der Waals surface area contributed by atoms with Crippen LogP contribution in [-0.2, 0) is 4.74 Å². The van der Waals surface area contributed by atoms with Crippen molar-refractivity contribution in [3.8, 4) is 0 Å². The molecule has 1 aliphatic rings. The number of nitrogens with zero attached hydrogens (tertiary/aromatic N) is 4. The van der Waals surface area contributed by atoms with Gasteiger partial charge < -0.3 is 30.9 Å². The number of anilines is 1. The van der Waals surface area contributed by atoms with Crippen molar-refractivity contribution in [2.45, 2.75) is 30.6 Å². The Morgan fingerprint density at radius 3 is 2.62 bits per heavy atom. The molecule has 114 valence electrons. The Bertz CT molecular complexity index is 647. The van der Waals surface area contributed by atoms with E-state index in [1.54, 1.807) is 0 Å². The summed E-state index contributed by atoms with van der Waals surface area (Å²) in [5.74, 6) is 0.170. The molecule has 0 unspecified atom stereocenters. The molecule has 10 nitrogen and oxygen atoms in total. The number of aliphatic hydroxyl groups is 4. The molecule has 0 saturated carbocycles. The maximum absolute atomic E-state index is 10.1. The van der Waals surface area contributed by atoms with Crippen LogP contribution in [0, 0.1) is 0 Å². The molecule has 10 heteroatoms. The van der Waals surface area contributed by atoms with Crippen LogP contribution in [0.25, 0.3) is 11.2 Å². The van der Waals surface area contributed by atoms with E-state index >= 15 is 0 Å². The second kappa shape index (κ2) is 5.16. The van der Waals surface area contributed by atoms with Gasteiger partial charge in [0.05, 0.1) is 12.9 Å². The maximum atomic E-state index is 10.1. The van der Waals surface area contributed by atoms with Gasteiger partial charge in [0, 0.05) is 0 Å². The minimum atomic E-state index is -1.47. The Morgan fingerprint density at radius 2 is 1.90 bits per heavy atom. The van der Waals surface area contributed by atoms with Crippen LogP contribution >= 0.6 is 0 Å². The maximum Gasteiger partial charge on any atom is 0.167 e. The smallest absolute Gasteiger partial charge is 0.167 e. The average Bonchev–Trinajstić information content (AvgIpc) is 2.91. The minimum Gasteiger partial charge on any atom is -0.394 e. The predicted molar refractivity (Wildman–Crippen MR) is 68.8 cm³/mol. The normalized spacial score (nSPS) is 33.4. The number of hydrogen-bond donors (Lipinski definition) is 5. The molecule has 1 saturated heterocycles. The summed E-state index contributed by atoms with van der Waals surface area (Å²) in [5.41, 5.74) is 6.32. The molecule has 21 heavy (non-hydrogen) atoms. The molecular formula is C11H15N5O5. The topological polar surface area (TPSA) is 160 Å². The van der Waals surface area contributed by atoms with Gasteiger partial charge in [-0.2, -0.15) is 0 Å². The van der Waals surface area contributed by atoms with Gasteiger partial charge in [0.25, 0.3) is 0 Å². The molecule has 0 aliphatic carbocycles. The Labute approximate surface area is 118 Å². The van der Waals surface area contributed by atoms with E-state index in [2.05, 4.69) is 15.0 Å². The molecule has 1 fully saturated rings. The van der Waals surface area contributed by atoms with E-state index in [9.17, 15) is 20.4 Å². The summed E-state index contributed by atoms with van der Waals surface area (Å²) >= 11 is 0. The first-order valence-electron chi connectivity index (χ1n) is 6.28. The van der Waals surface area contributed by atoms with E-state index in [0.717, 1.165) is 0 Å². The number of imidazole rings is 1. The van der Waals surface area contributed by atoms with Crippen LogP contribution in [0.1, 0.15) is 6.23 Å². The lowest BCUT2D eigenvalue weighted by Crippen LogP contribution is -2.56. The molecular weight excluding hydrogens is 282 g/mol.